The molecule has 0 aromatic heterocycles. The highest BCUT2D eigenvalue weighted by atomic mass is 15.2. The molecule has 0 radical (unpaired) electrons. The van der Waals surface area contributed by atoms with Gasteiger partial charge in [-0.25, -0.2) is 0 Å². The predicted molar refractivity (Wildman–Crippen MR) is 66.9 cm³/mol. The zero-order valence-electron chi connectivity index (χ0n) is 11.2. The summed E-state index contributed by atoms with van der Waals surface area (Å²) < 4.78 is 0. The van der Waals surface area contributed by atoms with Crippen LogP contribution in [0.1, 0.15) is 47.5 Å². The molecule has 0 amide bonds. The number of likely N-dealkylation sites (N-methyl/N-ethyl adjacent to an activating group) is 2. The number of hydrogen-bond acceptors (Lipinski definition) is 2. The zero-order chi connectivity index (χ0) is 11.6. The summed E-state index contributed by atoms with van der Waals surface area (Å²) in [5.41, 5.74) is 0. The summed E-state index contributed by atoms with van der Waals surface area (Å²) in [5, 5.41) is 3.25. The molecule has 1 unspecified atom stereocenters. The second-order valence-electron chi connectivity index (χ2n) is 3.76. The highest BCUT2D eigenvalue weighted by molar-refractivity contribution is 4.72. The van der Waals surface area contributed by atoms with E-state index in [9.17, 15) is 0 Å². The van der Waals surface area contributed by atoms with Gasteiger partial charge in [-0.15, -0.1) is 0 Å². The van der Waals surface area contributed by atoms with E-state index in [2.05, 4.69) is 38.0 Å². The van der Waals surface area contributed by atoms with Crippen molar-refractivity contribution in [3.63, 3.8) is 0 Å². The maximum absolute atomic E-state index is 3.25. The maximum atomic E-state index is 3.25. The van der Waals surface area contributed by atoms with Gasteiger partial charge < -0.3 is 5.32 Å². The van der Waals surface area contributed by atoms with Gasteiger partial charge in [-0.1, -0.05) is 27.2 Å². The minimum atomic E-state index is 0.648. The van der Waals surface area contributed by atoms with E-state index in [0.717, 1.165) is 6.54 Å². The average molecular weight is 202 g/mol. The third-order valence-electron chi connectivity index (χ3n) is 2.45. The van der Waals surface area contributed by atoms with E-state index in [0.29, 0.717) is 12.1 Å². The first-order valence-corrected chi connectivity index (χ1v) is 6.00. The lowest BCUT2D eigenvalue weighted by Gasteiger charge is -2.31. The SMILES string of the molecule is CC.CCCC(CNC)N(C)C(C)C. The van der Waals surface area contributed by atoms with Gasteiger partial charge in [0.15, 0.2) is 0 Å². The van der Waals surface area contributed by atoms with Crippen molar-refractivity contribution in [2.45, 2.75) is 59.5 Å². The topological polar surface area (TPSA) is 15.3 Å². The molecule has 0 spiro atoms. The molecule has 1 atom stereocenters. The molecular weight excluding hydrogens is 172 g/mol. The van der Waals surface area contributed by atoms with E-state index >= 15 is 0 Å². The number of hydrogen-bond donors (Lipinski definition) is 1. The van der Waals surface area contributed by atoms with Crippen LogP contribution in [-0.4, -0.2) is 37.6 Å². The first kappa shape index (κ1) is 16.4. The molecule has 1 N–H and O–H groups in total. The largest absolute Gasteiger partial charge is 0.318 e. The van der Waals surface area contributed by atoms with E-state index in [1.165, 1.54) is 12.8 Å². The van der Waals surface area contributed by atoms with Gasteiger partial charge in [0, 0.05) is 18.6 Å². The first-order valence-electron chi connectivity index (χ1n) is 6.00. The standard InChI is InChI=1S/C10H24N2.C2H6/c1-6-7-10(8-11-4)12(5)9(2)3;1-2/h9-11H,6-8H2,1-5H3;1-2H3. The van der Waals surface area contributed by atoms with Crippen LogP contribution >= 0.6 is 0 Å². The summed E-state index contributed by atoms with van der Waals surface area (Å²) in [5.74, 6) is 0. The Hall–Kier alpha value is -0.0800. The molecule has 0 saturated carbocycles. The second kappa shape index (κ2) is 11.0. The molecular formula is C12H30N2. The van der Waals surface area contributed by atoms with Crippen molar-refractivity contribution in [1.82, 2.24) is 10.2 Å². The summed E-state index contributed by atoms with van der Waals surface area (Å²) in [6.07, 6.45) is 2.55. The molecule has 0 fully saturated rings. The molecule has 0 saturated heterocycles. The van der Waals surface area contributed by atoms with E-state index in [1.807, 2.05) is 20.9 Å². The molecule has 14 heavy (non-hydrogen) atoms. The number of nitrogens with one attached hydrogen (secondary N) is 1. The molecule has 0 heterocycles. The van der Waals surface area contributed by atoms with Crippen molar-refractivity contribution in [2.24, 2.45) is 0 Å². The Morgan fingerprint density at radius 1 is 1.21 bits per heavy atom. The highest BCUT2D eigenvalue weighted by Crippen LogP contribution is 2.07. The Kier molecular flexibility index (Phi) is 12.8. The Balaban J connectivity index is 0. The van der Waals surface area contributed by atoms with Gasteiger partial charge in [-0.05, 0) is 34.4 Å². The van der Waals surface area contributed by atoms with Crippen molar-refractivity contribution in [2.75, 3.05) is 20.6 Å². The van der Waals surface area contributed by atoms with E-state index in [4.69, 9.17) is 0 Å². The van der Waals surface area contributed by atoms with Crippen LogP contribution in [0.3, 0.4) is 0 Å². The smallest absolute Gasteiger partial charge is 0.0220 e. The average Bonchev–Trinajstić information content (AvgIpc) is 2.19. The van der Waals surface area contributed by atoms with E-state index < -0.39 is 0 Å². The third-order valence-corrected chi connectivity index (χ3v) is 2.45. The fourth-order valence-corrected chi connectivity index (χ4v) is 1.44. The third kappa shape index (κ3) is 7.34. The molecule has 0 aliphatic rings. The first-order chi connectivity index (χ1) is 6.63. The van der Waals surface area contributed by atoms with Crippen LogP contribution < -0.4 is 5.32 Å². The molecule has 2 heteroatoms. The van der Waals surface area contributed by atoms with Gasteiger partial charge in [-0.2, -0.15) is 0 Å². The fraction of sp³-hybridized carbons (Fsp3) is 1.00. The Bertz CT molecular complexity index is 96.5. The molecule has 2 nitrogen and oxygen atoms in total. The van der Waals surface area contributed by atoms with Crippen LogP contribution in [0, 0.1) is 0 Å². The zero-order valence-corrected chi connectivity index (χ0v) is 11.2. The maximum Gasteiger partial charge on any atom is 0.0220 e. The van der Waals surface area contributed by atoms with Crippen LogP contribution in [0.2, 0.25) is 0 Å². The summed E-state index contributed by atoms with van der Waals surface area (Å²) in [6, 6.07) is 1.34. The summed E-state index contributed by atoms with van der Waals surface area (Å²) in [7, 11) is 4.24. The van der Waals surface area contributed by atoms with Gasteiger partial charge >= 0.3 is 0 Å². The second-order valence-corrected chi connectivity index (χ2v) is 3.76. The summed E-state index contributed by atoms with van der Waals surface area (Å²) in [4.78, 5) is 2.44. The van der Waals surface area contributed by atoms with Gasteiger partial charge in [0.05, 0.1) is 0 Å². The van der Waals surface area contributed by atoms with Crippen LogP contribution in [-0.2, 0) is 0 Å². The number of nitrogens with zero attached hydrogens (tertiary/aromatic N) is 1. The Morgan fingerprint density at radius 3 is 2.00 bits per heavy atom. The molecule has 88 valence electrons. The Labute approximate surface area is 91.1 Å². The number of rotatable bonds is 6. The van der Waals surface area contributed by atoms with Crippen molar-refractivity contribution < 1.29 is 0 Å². The predicted octanol–water partition coefficient (Wildman–Crippen LogP) is 2.74. The Morgan fingerprint density at radius 2 is 1.71 bits per heavy atom. The van der Waals surface area contributed by atoms with Crippen molar-refractivity contribution in [3.8, 4) is 0 Å². The fourth-order valence-electron chi connectivity index (χ4n) is 1.44. The minimum absolute atomic E-state index is 0.648. The molecule has 0 aliphatic heterocycles. The van der Waals surface area contributed by atoms with Crippen molar-refractivity contribution in [1.29, 1.82) is 0 Å². The van der Waals surface area contributed by atoms with Gasteiger partial charge in [0.2, 0.25) is 0 Å². The van der Waals surface area contributed by atoms with Crippen LogP contribution in [0.25, 0.3) is 0 Å². The normalized spacial score (nSPS) is 12.6. The van der Waals surface area contributed by atoms with Crippen molar-refractivity contribution in [3.05, 3.63) is 0 Å². The van der Waals surface area contributed by atoms with E-state index in [-0.39, 0.29) is 0 Å². The van der Waals surface area contributed by atoms with Gasteiger partial charge in [-0.3, -0.25) is 4.90 Å². The summed E-state index contributed by atoms with van der Waals surface area (Å²) in [6.45, 7) is 11.8. The van der Waals surface area contributed by atoms with Crippen LogP contribution in [0.5, 0.6) is 0 Å². The van der Waals surface area contributed by atoms with E-state index in [1.54, 1.807) is 0 Å². The monoisotopic (exact) mass is 202 g/mol. The molecule has 0 aromatic rings. The van der Waals surface area contributed by atoms with Crippen LogP contribution in [0.15, 0.2) is 0 Å². The molecule has 0 bridgehead atoms. The lowest BCUT2D eigenvalue weighted by molar-refractivity contribution is 0.183. The summed E-state index contributed by atoms with van der Waals surface area (Å²) >= 11 is 0. The minimum Gasteiger partial charge on any atom is -0.318 e. The lowest BCUT2D eigenvalue weighted by atomic mass is 10.1. The van der Waals surface area contributed by atoms with Gasteiger partial charge in [0.25, 0.3) is 0 Å². The van der Waals surface area contributed by atoms with Crippen molar-refractivity contribution >= 4 is 0 Å². The molecule has 0 aliphatic carbocycles. The van der Waals surface area contributed by atoms with Gasteiger partial charge in [0.1, 0.15) is 0 Å². The molecule has 0 aromatic carbocycles. The highest BCUT2D eigenvalue weighted by Gasteiger charge is 2.14. The molecule has 0 rings (SSSR count). The lowest BCUT2D eigenvalue weighted by Crippen LogP contribution is -2.42. The van der Waals surface area contributed by atoms with Crippen LogP contribution in [0.4, 0.5) is 0 Å². The quantitative estimate of drug-likeness (QED) is 0.712.